The Kier molecular flexibility index (Phi) is 6.86. The molecule has 1 amide bonds. The third-order valence-corrected chi connectivity index (χ3v) is 6.89. The predicted octanol–water partition coefficient (Wildman–Crippen LogP) is 4.95. The van der Waals surface area contributed by atoms with Crippen LogP contribution in [0.2, 0.25) is 0 Å². The van der Waals surface area contributed by atoms with Gasteiger partial charge in [0.05, 0.1) is 50.5 Å². The molecule has 1 N–H and O–H groups in total. The molecule has 11 nitrogen and oxygen atoms in total. The van der Waals surface area contributed by atoms with Gasteiger partial charge in [-0.3, -0.25) is 14.6 Å². The van der Waals surface area contributed by atoms with Crippen molar-refractivity contribution < 1.29 is 28.2 Å². The Labute approximate surface area is 234 Å². The molecule has 0 spiro atoms. The topological polar surface area (TPSA) is 127 Å². The number of nitrogens with zero attached hydrogens (tertiary/aromatic N) is 3. The van der Waals surface area contributed by atoms with Crippen molar-refractivity contribution >= 4 is 22.6 Å². The van der Waals surface area contributed by atoms with E-state index in [2.05, 4.69) is 15.3 Å². The maximum Gasteiger partial charge on any atom is 0.261 e. The van der Waals surface area contributed by atoms with Crippen molar-refractivity contribution in [2.24, 2.45) is 0 Å². The lowest BCUT2D eigenvalue weighted by atomic mass is 10.0. The fourth-order valence-electron chi connectivity index (χ4n) is 4.93. The molecule has 0 fully saturated rings. The van der Waals surface area contributed by atoms with Crippen molar-refractivity contribution in [2.75, 3.05) is 26.1 Å². The molecule has 0 atom stereocenters. The molecule has 6 rings (SSSR count). The maximum atomic E-state index is 13.6. The smallest absolute Gasteiger partial charge is 0.261 e. The van der Waals surface area contributed by atoms with Gasteiger partial charge >= 0.3 is 0 Å². The number of pyridine rings is 3. The number of benzene rings is 1. The fraction of sp³-hybridized carbons (Fsp3) is 0.200. The number of hydrogen-bond acceptors (Lipinski definition) is 9. The highest BCUT2D eigenvalue weighted by Crippen LogP contribution is 2.34. The number of methoxy groups -OCH3 is 2. The summed E-state index contributed by atoms with van der Waals surface area (Å²) in [7, 11) is 3.04. The van der Waals surface area contributed by atoms with Crippen molar-refractivity contribution in [3.05, 3.63) is 88.2 Å². The Morgan fingerprint density at radius 3 is 2.63 bits per heavy atom. The van der Waals surface area contributed by atoms with Crippen LogP contribution in [-0.4, -0.2) is 41.3 Å². The summed E-state index contributed by atoms with van der Waals surface area (Å²) in [4.78, 5) is 35.9. The van der Waals surface area contributed by atoms with Crippen LogP contribution in [-0.2, 0) is 17.9 Å². The van der Waals surface area contributed by atoms with Gasteiger partial charge < -0.3 is 33.2 Å². The summed E-state index contributed by atoms with van der Waals surface area (Å²) in [5.41, 5.74) is 2.82. The molecule has 208 valence electrons. The van der Waals surface area contributed by atoms with Crippen molar-refractivity contribution in [1.82, 2.24) is 14.5 Å². The van der Waals surface area contributed by atoms with E-state index < -0.39 is 11.3 Å². The standard InChI is InChI=1S/C30H26N4O7/c1-17-25(22-5-4-13-40-22)28(35)26(21-16-39-14-12-34(17)21)29(36)32-18-6-8-19(9-7-18)41-23-10-11-31-20-15-24(37-2)30(38-3)33-27(20)23/h4-11,13,15H,12,14,16H2,1-3H3,(H,32,36). The molecule has 0 saturated heterocycles. The molecule has 0 bridgehead atoms. The van der Waals surface area contributed by atoms with E-state index in [-0.39, 0.29) is 12.2 Å². The molecule has 11 heteroatoms. The predicted molar refractivity (Wildman–Crippen MR) is 150 cm³/mol. The molecule has 0 aliphatic carbocycles. The number of carbonyl (C=O) groups excluding carboxylic acids is 1. The van der Waals surface area contributed by atoms with Crippen LogP contribution in [0.4, 0.5) is 5.69 Å². The van der Waals surface area contributed by atoms with E-state index >= 15 is 0 Å². The molecule has 0 unspecified atom stereocenters. The summed E-state index contributed by atoms with van der Waals surface area (Å²) in [5.74, 6) is 1.63. The van der Waals surface area contributed by atoms with Crippen LogP contribution in [0.15, 0.2) is 70.2 Å². The molecule has 1 aromatic carbocycles. The average Bonchev–Trinajstić information content (AvgIpc) is 3.52. The molecule has 5 heterocycles. The molecule has 1 aliphatic heterocycles. The van der Waals surface area contributed by atoms with Gasteiger partial charge in [0.25, 0.3) is 11.8 Å². The molecule has 41 heavy (non-hydrogen) atoms. The van der Waals surface area contributed by atoms with Gasteiger partial charge in [-0.1, -0.05) is 0 Å². The summed E-state index contributed by atoms with van der Waals surface area (Å²) < 4.78 is 29.8. The zero-order valence-corrected chi connectivity index (χ0v) is 22.6. The number of carbonyl (C=O) groups is 1. The van der Waals surface area contributed by atoms with Crippen molar-refractivity contribution in [3.63, 3.8) is 0 Å². The first-order valence-electron chi connectivity index (χ1n) is 12.8. The monoisotopic (exact) mass is 554 g/mol. The summed E-state index contributed by atoms with van der Waals surface area (Å²) in [6, 6.07) is 13.6. The molecular formula is C30H26N4O7. The van der Waals surface area contributed by atoms with E-state index in [1.165, 1.54) is 20.5 Å². The number of hydrogen-bond donors (Lipinski definition) is 1. The second kappa shape index (κ2) is 10.8. The van der Waals surface area contributed by atoms with E-state index in [1.807, 2.05) is 11.5 Å². The zero-order chi connectivity index (χ0) is 28.5. The van der Waals surface area contributed by atoms with Crippen LogP contribution < -0.4 is 25.0 Å². The number of furan rings is 1. The van der Waals surface area contributed by atoms with Crippen LogP contribution in [0.3, 0.4) is 0 Å². The third kappa shape index (κ3) is 4.76. The number of amides is 1. The van der Waals surface area contributed by atoms with Crippen LogP contribution in [0.25, 0.3) is 22.4 Å². The summed E-state index contributed by atoms with van der Waals surface area (Å²) in [6.07, 6.45) is 3.12. The minimum atomic E-state index is -0.531. The van der Waals surface area contributed by atoms with Crippen molar-refractivity contribution in [1.29, 1.82) is 0 Å². The summed E-state index contributed by atoms with van der Waals surface area (Å²) >= 11 is 0. The summed E-state index contributed by atoms with van der Waals surface area (Å²) in [6.45, 7) is 3.02. The van der Waals surface area contributed by atoms with E-state index in [9.17, 15) is 9.59 Å². The summed E-state index contributed by atoms with van der Waals surface area (Å²) in [5, 5.41) is 2.84. The van der Waals surface area contributed by atoms with E-state index in [0.717, 1.165) is 5.69 Å². The van der Waals surface area contributed by atoms with Crippen molar-refractivity contribution in [2.45, 2.75) is 20.1 Å². The minimum absolute atomic E-state index is 0.0285. The molecule has 4 aromatic heterocycles. The third-order valence-electron chi connectivity index (χ3n) is 6.89. The lowest BCUT2D eigenvalue weighted by Crippen LogP contribution is -2.33. The number of nitrogens with one attached hydrogen (secondary N) is 1. The highest BCUT2D eigenvalue weighted by molar-refractivity contribution is 6.05. The molecule has 1 aliphatic rings. The highest BCUT2D eigenvalue weighted by Gasteiger charge is 2.28. The van der Waals surface area contributed by atoms with Gasteiger partial charge in [0.15, 0.2) is 11.5 Å². The van der Waals surface area contributed by atoms with Gasteiger partial charge in [0.1, 0.15) is 22.6 Å². The average molecular weight is 555 g/mol. The first-order valence-corrected chi connectivity index (χ1v) is 12.8. The quantitative estimate of drug-likeness (QED) is 0.297. The van der Waals surface area contributed by atoms with E-state index in [1.54, 1.807) is 54.7 Å². The maximum absolute atomic E-state index is 13.6. The Morgan fingerprint density at radius 2 is 1.90 bits per heavy atom. The van der Waals surface area contributed by atoms with Crippen LogP contribution in [0, 0.1) is 6.92 Å². The highest BCUT2D eigenvalue weighted by atomic mass is 16.5. The Hall–Kier alpha value is -5.16. The van der Waals surface area contributed by atoms with E-state index in [0.29, 0.717) is 70.0 Å². The normalized spacial score (nSPS) is 12.6. The van der Waals surface area contributed by atoms with Gasteiger partial charge in [0, 0.05) is 36.3 Å². The Bertz CT molecular complexity index is 1810. The second-order valence-corrected chi connectivity index (χ2v) is 9.25. The van der Waals surface area contributed by atoms with E-state index in [4.69, 9.17) is 23.4 Å². The SMILES string of the molecule is COc1cc2nccc(Oc3ccc(NC(=O)c4c5n(c(C)c(-c6ccco6)c4=O)CCOC5)cc3)c2nc1OC. The molecular weight excluding hydrogens is 528 g/mol. The van der Waals surface area contributed by atoms with Crippen molar-refractivity contribution in [3.8, 4) is 34.5 Å². The van der Waals surface area contributed by atoms with Gasteiger partial charge in [-0.15, -0.1) is 0 Å². The van der Waals surface area contributed by atoms with Crippen LogP contribution >= 0.6 is 0 Å². The number of rotatable bonds is 7. The van der Waals surface area contributed by atoms with Gasteiger partial charge in [-0.05, 0) is 43.3 Å². The Morgan fingerprint density at radius 1 is 1.07 bits per heavy atom. The fourth-order valence-corrected chi connectivity index (χ4v) is 4.93. The first kappa shape index (κ1) is 26.1. The lowest BCUT2D eigenvalue weighted by molar-refractivity contribution is 0.0801. The molecule has 0 saturated carbocycles. The molecule has 5 aromatic rings. The van der Waals surface area contributed by atoms with Gasteiger partial charge in [-0.2, -0.15) is 0 Å². The second-order valence-electron chi connectivity index (χ2n) is 9.25. The minimum Gasteiger partial charge on any atom is -0.491 e. The van der Waals surface area contributed by atoms with Crippen LogP contribution in [0.1, 0.15) is 21.7 Å². The van der Waals surface area contributed by atoms with Gasteiger partial charge in [0.2, 0.25) is 5.43 Å². The van der Waals surface area contributed by atoms with Crippen LogP contribution in [0.5, 0.6) is 23.1 Å². The first-order chi connectivity index (χ1) is 20.0. The largest absolute Gasteiger partial charge is 0.491 e. The number of fused-ring (bicyclic) bond motifs is 2. The molecule has 0 radical (unpaired) electrons. The zero-order valence-electron chi connectivity index (χ0n) is 22.6. The number of anilines is 1. The Balaban J connectivity index is 1.28. The number of ether oxygens (including phenoxy) is 4. The van der Waals surface area contributed by atoms with Gasteiger partial charge in [-0.25, -0.2) is 4.98 Å². The lowest BCUT2D eigenvalue weighted by Gasteiger charge is -2.25. The number of aromatic nitrogens is 3.